The molecule has 5 aromatic rings. The van der Waals surface area contributed by atoms with E-state index in [-0.39, 0.29) is 5.82 Å². The molecule has 1 saturated carbocycles. The van der Waals surface area contributed by atoms with Gasteiger partial charge in [0.15, 0.2) is 11.5 Å². The van der Waals surface area contributed by atoms with E-state index in [9.17, 15) is 0 Å². The Bertz CT molecular complexity index is 1400. The van der Waals surface area contributed by atoms with Crippen LogP contribution in [-0.2, 0) is 6.54 Å². The minimum absolute atomic E-state index is 0.345. The molecule has 33 heavy (non-hydrogen) atoms. The Balaban J connectivity index is 1.32. The maximum absolute atomic E-state index is 15.8. The summed E-state index contributed by atoms with van der Waals surface area (Å²) < 4.78 is 15.8. The second kappa shape index (κ2) is 8.37. The highest BCUT2D eigenvalue weighted by Gasteiger charge is 2.20. The molecule has 166 valence electrons. The molecule has 1 aromatic carbocycles. The lowest BCUT2D eigenvalue weighted by Gasteiger charge is -2.11. The number of halogens is 1. The topological polar surface area (TPSA) is 95.2 Å². The fraction of sp³-hybridized carbons (Fsp3) is 0.280. The van der Waals surface area contributed by atoms with E-state index in [2.05, 4.69) is 35.5 Å². The third-order valence-corrected chi connectivity index (χ3v) is 6.49. The van der Waals surface area contributed by atoms with E-state index in [1.165, 1.54) is 25.7 Å². The first kappa shape index (κ1) is 20.0. The molecular weight excluding hydrogens is 417 g/mol. The fourth-order valence-corrected chi connectivity index (χ4v) is 4.79. The first-order valence-electron chi connectivity index (χ1n) is 11.4. The molecule has 6 rings (SSSR count). The van der Waals surface area contributed by atoms with E-state index in [4.69, 9.17) is 0 Å². The number of benzene rings is 1. The third kappa shape index (κ3) is 3.76. The highest BCUT2D eigenvalue weighted by molar-refractivity contribution is 5.96. The molecule has 4 heterocycles. The lowest BCUT2D eigenvalue weighted by molar-refractivity contribution is 0.489. The average molecular weight is 442 g/mol. The number of aromatic amines is 2. The minimum Gasteiger partial charge on any atom is -0.335 e. The number of rotatable bonds is 6. The molecule has 4 aromatic heterocycles. The molecular formula is C25H24FN7. The number of nitrogens with one attached hydrogen (secondary N) is 3. The summed E-state index contributed by atoms with van der Waals surface area (Å²) in [7, 11) is 0. The smallest absolute Gasteiger partial charge is 0.178 e. The predicted octanol–water partition coefficient (Wildman–Crippen LogP) is 4.98. The number of H-pyrrole nitrogens is 2. The Kier molecular flexibility index (Phi) is 5.07. The van der Waals surface area contributed by atoms with Gasteiger partial charge in [0.2, 0.25) is 0 Å². The number of hydrogen-bond acceptors (Lipinski definition) is 5. The number of imidazole rings is 1. The van der Waals surface area contributed by atoms with Gasteiger partial charge in [0.05, 0.1) is 16.4 Å². The Morgan fingerprint density at radius 2 is 2.00 bits per heavy atom. The predicted molar refractivity (Wildman–Crippen MR) is 126 cm³/mol. The lowest BCUT2D eigenvalue weighted by atomic mass is 10.0. The Morgan fingerprint density at radius 1 is 1.09 bits per heavy atom. The van der Waals surface area contributed by atoms with Crippen LogP contribution in [0.4, 0.5) is 4.39 Å². The second-order valence-electron chi connectivity index (χ2n) is 8.75. The van der Waals surface area contributed by atoms with Gasteiger partial charge in [-0.15, -0.1) is 0 Å². The van der Waals surface area contributed by atoms with Gasteiger partial charge in [-0.2, -0.15) is 5.10 Å². The molecule has 0 amide bonds. The van der Waals surface area contributed by atoms with Crippen LogP contribution in [0, 0.1) is 11.7 Å². The molecule has 3 N–H and O–H groups in total. The summed E-state index contributed by atoms with van der Waals surface area (Å²) in [5.74, 6) is 0.908. The van der Waals surface area contributed by atoms with Gasteiger partial charge in [-0.25, -0.2) is 14.4 Å². The van der Waals surface area contributed by atoms with Gasteiger partial charge < -0.3 is 10.3 Å². The van der Waals surface area contributed by atoms with E-state index in [0.717, 1.165) is 35.7 Å². The van der Waals surface area contributed by atoms with Crippen LogP contribution in [0.15, 0.2) is 48.9 Å². The van der Waals surface area contributed by atoms with Crippen molar-refractivity contribution in [3.8, 4) is 22.6 Å². The molecule has 0 saturated heterocycles. The van der Waals surface area contributed by atoms with E-state index >= 15 is 4.39 Å². The van der Waals surface area contributed by atoms with Crippen molar-refractivity contribution in [1.82, 2.24) is 35.5 Å². The van der Waals surface area contributed by atoms with Crippen molar-refractivity contribution in [2.24, 2.45) is 5.92 Å². The van der Waals surface area contributed by atoms with Crippen LogP contribution in [0.25, 0.3) is 44.7 Å². The van der Waals surface area contributed by atoms with Crippen molar-refractivity contribution in [3.63, 3.8) is 0 Å². The van der Waals surface area contributed by atoms with Crippen molar-refractivity contribution < 1.29 is 4.39 Å². The van der Waals surface area contributed by atoms with Crippen molar-refractivity contribution in [2.75, 3.05) is 6.54 Å². The Morgan fingerprint density at radius 3 is 2.88 bits per heavy atom. The van der Waals surface area contributed by atoms with Crippen LogP contribution in [0.2, 0.25) is 0 Å². The standard InChI is InChI=1S/C25H24FN7/c26-22-18(17-10-16(13-28-14-17)12-27-11-15-4-1-2-5-15)7-8-19-21(22)23(33-32-19)25-30-20-6-3-9-29-24(20)31-25/h3,6-10,13-15,27H,1-2,4-5,11-12H2,(H,32,33)(H,29,30,31). The number of fused-ring (bicyclic) bond motifs is 2. The molecule has 1 fully saturated rings. The van der Waals surface area contributed by atoms with Gasteiger partial charge in [0, 0.05) is 36.3 Å². The Labute approximate surface area is 189 Å². The van der Waals surface area contributed by atoms with Crippen LogP contribution >= 0.6 is 0 Å². The normalized spacial score (nSPS) is 14.6. The van der Waals surface area contributed by atoms with Crippen molar-refractivity contribution in [3.05, 3.63) is 60.3 Å². The summed E-state index contributed by atoms with van der Waals surface area (Å²) in [6.07, 6.45) is 10.5. The van der Waals surface area contributed by atoms with Gasteiger partial charge in [0.1, 0.15) is 11.5 Å². The van der Waals surface area contributed by atoms with E-state index < -0.39 is 0 Å². The summed E-state index contributed by atoms with van der Waals surface area (Å²) in [4.78, 5) is 16.3. The minimum atomic E-state index is -0.345. The van der Waals surface area contributed by atoms with Crippen molar-refractivity contribution in [2.45, 2.75) is 32.2 Å². The fourth-order valence-electron chi connectivity index (χ4n) is 4.79. The van der Waals surface area contributed by atoms with Crippen LogP contribution in [0.3, 0.4) is 0 Å². The third-order valence-electron chi connectivity index (χ3n) is 6.49. The SMILES string of the molecule is Fc1c(-c2cncc(CNCC3CCCC3)c2)ccc2[nH]nc(-c3nc4ncccc4[nH]3)c12. The molecule has 1 aliphatic rings. The summed E-state index contributed by atoms with van der Waals surface area (Å²) >= 11 is 0. The second-order valence-corrected chi connectivity index (χ2v) is 8.75. The first-order valence-corrected chi connectivity index (χ1v) is 11.4. The van der Waals surface area contributed by atoms with Gasteiger partial charge in [0.25, 0.3) is 0 Å². The summed E-state index contributed by atoms with van der Waals surface area (Å²) in [6, 6.07) is 9.33. The molecule has 0 bridgehead atoms. The maximum Gasteiger partial charge on any atom is 0.178 e. The molecule has 0 radical (unpaired) electrons. The molecule has 0 unspecified atom stereocenters. The van der Waals surface area contributed by atoms with Crippen LogP contribution < -0.4 is 5.32 Å². The Hall–Kier alpha value is -3.65. The molecule has 7 nitrogen and oxygen atoms in total. The summed E-state index contributed by atoms with van der Waals surface area (Å²) in [6.45, 7) is 1.75. The lowest BCUT2D eigenvalue weighted by Crippen LogP contribution is -2.20. The number of aromatic nitrogens is 6. The molecule has 1 aliphatic carbocycles. The average Bonchev–Trinajstić information content (AvgIpc) is 3.59. The van der Waals surface area contributed by atoms with E-state index in [1.54, 1.807) is 18.5 Å². The molecule has 0 spiro atoms. The van der Waals surface area contributed by atoms with Gasteiger partial charge in [-0.3, -0.25) is 10.1 Å². The summed E-state index contributed by atoms with van der Waals surface area (Å²) in [5.41, 5.74) is 4.68. The zero-order chi connectivity index (χ0) is 22.2. The molecule has 0 aliphatic heterocycles. The van der Waals surface area contributed by atoms with Gasteiger partial charge in [-0.05, 0) is 61.2 Å². The maximum atomic E-state index is 15.8. The van der Waals surface area contributed by atoms with E-state index in [1.807, 2.05) is 30.5 Å². The number of nitrogens with zero attached hydrogens (tertiary/aromatic N) is 4. The largest absolute Gasteiger partial charge is 0.335 e. The van der Waals surface area contributed by atoms with Crippen molar-refractivity contribution >= 4 is 22.1 Å². The van der Waals surface area contributed by atoms with Crippen molar-refractivity contribution in [1.29, 1.82) is 0 Å². The summed E-state index contributed by atoms with van der Waals surface area (Å²) in [5, 5.41) is 11.2. The van der Waals surface area contributed by atoms with Gasteiger partial charge in [-0.1, -0.05) is 12.8 Å². The zero-order valence-electron chi connectivity index (χ0n) is 18.1. The molecule has 8 heteroatoms. The quantitative estimate of drug-likeness (QED) is 0.345. The monoisotopic (exact) mass is 441 g/mol. The van der Waals surface area contributed by atoms with Gasteiger partial charge >= 0.3 is 0 Å². The van der Waals surface area contributed by atoms with E-state index in [0.29, 0.717) is 33.6 Å². The van der Waals surface area contributed by atoms with Crippen LogP contribution in [0.1, 0.15) is 31.2 Å². The van der Waals surface area contributed by atoms with Crippen LogP contribution in [-0.4, -0.2) is 36.7 Å². The number of hydrogen-bond donors (Lipinski definition) is 3. The first-order chi connectivity index (χ1) is 16.3. The van der Waals surface area contributed by atoms with Crippen LogP contribution in [0.5, 0.6) is 0 Å². The molecule has 0 atom stereocenters. The highest BCUT2D eigenvalue weighted by Crippen LogP contribution is 2.33. The zero-order valence-corrected chi connectivity index (χ0v) is 18.1. The highest BCUT2D eigenvalue weighted by atomic mass is 19.1. The number of pyridine rings is 2.